The molecule has 1 saturated heterocycles. The molecule has 0 N–H and O–H groups in total. The lowest BCUT2D eigenvalue weighted by Crippen LogP contribution is -2.49. The Hall–Kier alpha value is -3.75. The fourth-order valence-electron chi connectivity index (χ4n) is 5.63. The quantitative estimate of drug-likeness (QED) is 0.389. The number of hydrogen-bond donors (Lipinski definition) is 0. The first-order valence-corrected chi connectivity index (χ1v) is 14.3. The van der Waals surface area contributed by atoms with Gasteiger partial charge in [-0.05, 0) is 68.5 Å². The van der Waals surface area contributed by atoms with Crippen molar-refractivity contribution in [1.82, 2.24) is 14.5 Å². The van der Waals surface area contributed by atoms with Crippen LogP contribution in [-0.4, -0.2) is 59.0 Å². The molecule has 3 heterocycles. The highest BCUT2D eigenvalue weighted by atomic mass is 19.2. The van der Waals surface area contributed by atoms with E-state index in [1.165, 1.54) is 27.8 Å². The first kappa shape index (κ1) is 27.8. The Kier molecular flexibility index (Phi) is 8.19. The van der Waals surface area contributed by atoms with Crippen LogP contribution in [-0.2, 0) is 13.0 Å². The van der Waals surface area contributed by atoms with Gasteiger partial charge in [-0.2, -0.15) is 0 Å². The summed E-state index contributed by atoms with van der Waals surface area (Å²) < 4.78 is 29.7. The summed E-state index contributed by atoms with van der Waals surface area (Å²) in [5.41, 5.74) is 4.05. The number of aromatic nitrogens is 2. The van der Waals surface area contributed by atoms with Crippen LogP contribution in [0.4, 0.5) is 20.3 Å². The van der Waals surface area contributed by atoms with Gasteiger partial charge in [-0.1, -0.05) is 25.5 Å². The van der Waals surface area contributed by atoms with Crippen molar-refractivity contribution in [2.45, 2.75) is 59.4 Å². The Morgan fingerprint density at radius 3 is 2.45 bits per heavy atom. The van der Waals surface area contributed by atoms with Gasteiger partial charge in [-0.25, -0.2) is 13.8 Å². The van der Waals surface area contributed by atoms with Crippen molar-refractivity contribution in [1.29, 1.82) is 0 Å². The standard InChI is InChI=1S/C31H37F2N5O2/c1-4-5-13-38(30(39)23-11-12-24(32)25(33)20-23)29-28(37-14-7-6-8-27(37)34-29)31(40)36-17-15-35(16-18-36)26-19-21(2)9-10-22(26)3/h9-12,19-20H,4-8,13-18H2,1-3H3. The van der Waals surface area contributed by atoms with Crippen LogP contribution in [0.25, 0.3) is 0 Å². The molecule has 0 aliphatic carbocycles. The molecule has 2 amide bonds. The summed E-state index contributed by atoms with van der Waals surface area (Å²) in [7, 11) is 0. The maximum Gasteiger partial charge on any atom is 0.274 e. The van der Waals surface area contributed by atoms with Crippen molar-refractivity contribution in [3.05, 3.63) is 76.2 Å². The van der Waals surface area contributed by atoms with Gasteiger partial charge in [-0.15, -0.1) is 0 Å². The number of benzene rings is 2. The second-order valence-electron chi connectivity index (χ2n) is 10.8. The maximum absolute atomic E-state index is 14.2. The molecule has 3 aromatic rings. The van der Waals surface area contributed by atoms with Gasteiger partial charge in [0.25, 0.3) is 11.8 Å². The van der Waals surface area contributed by atoms with E-state index < -0.39 is 17.5 Å². The van der Waals surface area contributed by atoms with Crippen molar-refractivity contribution >= 4 is 23.3 Å². The van der Waals surface area contributed by atoms with Crippen LogP contribution in [0.1, 0.15) is 70.4 Å². The van der Waals surface area contributed by atoms with E-state index in [1.807, 2.05) is 16.4 Å². The van der Waals surface area contributed by atoms with E-state index >= 15 is 0 Å². The van der Waals surface area contributed by atoms with Gasteiger partial charge in [0.1, 0.15) is 5.82 Å². The van der Waals surface area contributed by atoms with E-state index in [2.05, 4.69) is 36.9 Å². The van der Waals surface area contributed by atoms with E-state index in [-0.39, 0.29) is 11.5 Å². The largest absolute Gasteiger partial charge is 0.368 e. The first-order chi connectivity index (χ1) is 19.3. The van der Waals surface area contributed by atoms with Gasteiger partial charge in [0.2, 0.25) is 0 Å². The topological polar surface area (TPSA) is 61.7 Å². The molecule has 1 aromatic heterocycles. The molecule has 0 saturated carbocycles. The number of halogens is 2. The average molecular weight is 550 g/mol. The van der Waals surface area contributed by atoms with Crippen LogP contribution >= 0.6 is 0 Å². The molecule has 0 bridgehead atoms. The SMILES string of the molecule is CCCCN(C(=O)c1ccc(F)c(F)c1)c1nc2n(c1C(=O)N1CCN(c3cc(C)ccc3C)CC1)CCCC2. The number of carbonyl (C=O) groups excluding carboxylic acids is 2. The zero-order chi connectivity index (χ0) is 28.4. The highest BCUT2D eigenvalue weighted by Crippen LogP contribution is 2.30. The number of imidazole rings is 1. The molecule has 1 fully saturated rings. The van der Waals surface area contributed by atoms with E-state index in [4.69, 9.17) is 4.98 Å². The molecule has 9 heteroatoms. The zero-order valence-corrected chi connectivity index (χ0v) is 23.6. The second kappa shape index (κ2) is 11.8. The molecular formula is C31H37F2N5O2. The third kappa shape index (κ3) is 5.46. The number of fused-ring (bicyclic) bond motifs is 1. The monoisotopic (exact) mass is 549 g/mol. The molecular weight excluding hydrogens is 512 g/mol. The third-order valence-electron chi connectivity index (χ3n) is 7.94. The molecule has 0 atom stereocenters. The molecule has 40 heavy (non-hydrogen) atoms. The van der Waals surface area contributed by atoms with Gasteiger partial charge >= 0.3 is 0 Å². The molecule has 2 aliphatic heterocycles. The number of carbonyl (C=O) groups is 2. The number of anilines is 2. The van der Waals surface area contributed by atoms with E-state index in [0.717, 1.165) is 43.6 Å². The van der Waals surface area contributed by atoms with Crippen molar-refractivity contribution in [3.8, 4) is 0 Å². The van der Waals surface area contributed by atoms with Crippen LogP contribution in [0.15, 0.2) is 36.4 Å². The Balaban J connectivity index is 1.46. The highest BCUT2D eigenvalue weighted by Gasteiger charge is 2.34. The molecule has 0 radical (unpaired) electrons. The number of rotatable bonds is 7. The minimum atomic E-state index is -1.08. The van der Waals surface area contributed by atoms with Crippen molar-refractivity contribution < 1.29 is 18.4 Å². The molecule has 0 spiro atoms. The number of aryl methyl sites for hydroxylation is 3. The minimum Gasteiger partial charge on any atom is -0.368 e. The summed E-state index contributed by atoms with van der Waals surface area (Å²) in [6.45, 7) is 9.71. The van der Waals surface area contributed by atoms with Crippen LogP contribution in [0.2, 0.25) is 0 Å². The van der Waals surface area contributed by atoms with Crippen LogP contribution in [0.5, 0.6) is 0 Å². The zero-order valence-electron chi connectivity index (χ0n) is 23.6. The van der Waals surface area contributed by atoms with Crippen LogP contribution < -0.4 is 9.80 Å². The summed E-state index contributed by atoms with van der Waals surface area (Å²) in [4.78, 5) is 38.3. The van der Waals surface area contributed by atoms with Crippen molar-refractivity contribution in [3.63, 3.8) is 0 Å². The molecule has 212 valence electrons. The predicted molar refractivity (Wildman–Crippen MR) is 152 cm³/mol. The molecule has 5 rings (SSSR count). The van der Waals surface area contributed by atoms with Crippen molar-refractivity contribution in [2.24, 2.45) is 0 Å². The summed E-state index contributed by atoms with van der Waals surface area (Å²) in [5.74, 6) is -1.61. The van der Waals surface area contributed by atoms with Crippen molar-refractivity contribution in [2.75, 3.05) is 42.5 Å². The smallest absolute Gasteiger partial charge is 0.274 e. The Morgan fingerprint density at radius 1 is 0.950 bits per heavy atom. The Labute approximate surface area is 234 Å². The number of hydrogen-bond acceptors (Lipinski definition) is 4. The Bertz CT molecular complexity index is 1410. The lowest BCUT2D eigenvalue weighted by molar-refractivity contribution is 0.0735. The van der Waals surface area contributed by atoms with E-state index in [0.29, 0.717) is 57.2 Å². The normalized spacial score (nSPS) is 15.2. The summed E-state index contributed by atoms with van der Waals surface area (Å²) in [6, 6.07) is 9.58. The summed E-state index contributed by atoms with van der Waals surface area (Å²) >= 11 is 0. The van der Waals surface area contributed by atoms with E-state index in [1.54, 1.807) is 0 Å². The number of unbranched alkanes of at least 4 members (excludes halogenated alkanes) is 1. The molecule has 0 unspecified atom stereocenters. The highest BCUT2D eigenvalue weighted by molar-refractivity contribution is 6.09. The van der Waals surface area contributed by atoms with Gasteiger partial charge in [0.05, 0.1) is 0 Å². The summed E-state index contributed by atoms with van der Waals surface area (Å²) in [5, 5.41) is 0. The molecule has 2 aliphatic rings. The van der Waals surface area contributed by atoms with E-state index in [9.17, 15) is 18.4 Å². The minimum absolute atomic E-state index is 0.0292. The van der Waals surface area contributed by atoms with Gasteiger partial charge in [0.15, 0.2) is 23.1 Å². The number of piperazine rings is 1. The summed E-state index contributed by atoms with van der Waals surface area (Å²) in [6.07, 6.45) is 4.11. The number of amides is 2. The number of nitrogens with zero attached hydrogens (tertiary/aromatic N) is 5. The van der Waals surface area contributed by atoms with Gasteiger partial charge in [-0.3, -0.25) is 14.5 Å². The third-order valence-corrected chi connectivity index (χ3v) is 7.94. The Morgan fingerprint density at radius 2 is 1.73 bits per heavy atom. The van der Waals surface area contributed by atoms with Gasteiger partial charge < -0.3 is 14.4 Å². The maximum atomic E-state index is 14.2. The average Bonchev–Trinajstić information content (AvgIpc) is 3.35. The second-order valence-corrected chi connectivity index (χ2v) is 10.8. The fourth-order valence-corrected chi connectivity index (χ4v) is 5.63. The fraction of sp³-hybridized carbons (Fsp3) is 0.452. The van der Waals surface area contributed by atoms with Crippen LogP contribution in [0.3, 0.4) is 0 Å². The molecule has 2 aromatic carbocycles. The lowest BCUT2D eigenvalue weighted by Gasteiger charge is -2.37. The van der Waals surface area contributed by atoms with Gasteiger partial charge in [0, 0.05) is 56.9 Å². The lowest BCUT2D eigenvalue weighted by atomic mass is 10.1. The predicted octanol–water partition coefficient (Wildman–Crippen LogP) is 5.52. The first-order valence-electron chi connectivity index (χ1n) is 14.3. The van der Waals surface area contributed by atoms with Crippen LogP contribution in [0, 0.1) is 25.5 Å². The molecule has 7 nitrogen and oxygen atoms in total.